The van der Waals surface area contributed by atoms with Crippen LogP contribution in [0.2, 0.25) is 0 Å². The molecule has 2 nitrogen and oxygen atoms in total. The molecule has 0 unspecified atom stereocenters. The first-order valence-electron chi connectivity index (χ1n) is 6.19. The van der Waals surface area contributed by atoms with E-state index in [9.17, 15) is 0 Å². The number of hydrogen-bond acceptors (Lipinski definition) is 1. The van der Waals surface area contributed by atoms with Crippen molar-refractivity contribution in [1.82, 2.24) is 0 Å². The minimum atomic E-state index is 0.676. The topological polar surface area (TPSA) is 24.7 Å². The highest BCUT2D eigenvalue weighted by molar-refractivity contribution is 6.11. The standard InChI is InChI=1S/C17H14N2/c1-18-17(19-2)14-10-9-13-8-7-12-5-3-4-6-15(12)16(13)11-14/h3-11H,1H2,2H3/b19-17-. The SMILES string of the molecule is C=N/C(=N\C)c1ccc2ccc3ccccc3c2c1. The predicted octanol–water partition coefficient (Wildman–Crippen LogP) is 4.07. The molecule has 0 aromatic heterocycles. The van der Waals surface area contributed by atoms with Gasteiger partial charge in [-0.1, -0.05) is 48.5 Å². The minimum Gasteiger partial charge on any atom is -0.270 e. The van der Waals surface area contributed by atoms with Gasteiger partial charge in [0.2, 0.25) is 0 Å². The number of nitrogens with zero attached hydrogens (tertiary/aromatic N) is 2. The Morgan fingerprint density at radius 2 is 1.58 bits per heavy atom. The van der Waals surface area contributed by atoms with E-state index >= 15 is 0 Å². The van der Waals surface area contributed by atoms with Crippen LogP contribution in [0.1, 0.15) is 5.56 Å². The van der Waals surface area contributed by atoms with Crippen LogP contribution in [0.4, 0.5) is 0 Å². The Labute approximate surface area is 112 Å². The number of benzene rings is 3. The molecular weight excluding hydrogens is 232 g/mol. The maximum absolute atomic E-state index is 4.15. The molecule has 19 heavy (non-hydrogen) atoms. The van der Waals surface area contributed by atoms with Gasteiger partial charge in [-0.25, -0.2) is 4.99 Å². The maximum Gasteiger partial charge on any atom is 0.153 e. The molecule has 0 bridgehead atoms. The highest BCUT2D eigenvalue weighted by atomic mass is 14.9. The van der Waals surface area contributed by atoms with Gasteiger partial charge < -0.3 is 0 Å². The van der Waals surface area contributed by atoms with E-state index in [1.807, 2.05) is 6.07 Å². The largest absolute Gasteiger partial charge is 0.270 e. The van der Waals surface area contributed by atoms with Crippen molar-refractivity contribution in [3.8, 4) is 0 Å². The van der Waals surface area contributed by atoms with E-state index in [-0.39, 0.29) is 0 Å². The van der Waals surface area contributed by atoms with Gasteiger partial charge in [-0.3, -0.25) is 4.99 Å². The van der Waals surface area contributed by atoms with Crippen molar-refractivity contribution >= 4 is 34.1 Å². The maximum atomic E-state index is 4.15. The molecule has 0 heterocycles. The summed E-state index contributed by atoms with van der Waals surface area (Å²) in [4.78, 5) is 8.11. The summed E-state index contributed by atoms with van der Waals surface area (Å²) >= 11 is 0. The van der Waals surface area contributed by atoms with Crippen LogP contribution >= 0.6 is 0 Å². The summed E-state index contributed by atoms with van der Waals surface area (Å²) in [6, 6.07) is 19.0. The summed E-state index contributed by atoms with van der Waals surface area (Å²) in [5.74, 6) is 0.676. The molecular formula is C17H14N2. The average Bonchev–Trinajstić information content (AvgIpc) is 2.48. The zero-order valence-electron chi connectivity index (χ0n) is 10.8. The molecule has 0 aliphatic rings. The zero-order valence-corrected chi connectivity index (χ0v) is 10.8. The number of aliphatic imine (C=N–C) groups is 2. The van der Waals surface area contributed by atoms with Gasteiger partial charge in [0.05, 0.1) is 0 Å². The van der Waals surface area contributed by atoms with Crippen molar-refractivity contribution in [1.29, 1.82) is 0 Å². The molecule has 0 fully saturated rings. The number of fused-ring (bicyclic) bond motifs is 3. The summed E-state index contributed by atoms with van der Waals surface area (Å²) in [6.45, 7) is 3.57. The predicted molar refractivity (Wildman–Crippen MR) is 83.5 cm³/mol. The molecule has 0 atom stereocenters. The van der Waals surface area contributed by atoms with E-state index in [1.54, 1.807) is 7.05 Å². The second-order valence-corrected chi connectivity index (χ2v) is 4.43. The first kappa shape index (κ1) is 11.6. The van der Waals surface area contributed by atoms with Gasteiger partial charge in [-0.2, -0.15) is 0 Å². The normalized spacial score (nSPS) is 11.9. The Morgan fingerprint density at radius 3 is 2.32 bits per heavy atom. The van der Waals surface area contributed by atoms with Gasteiger partial charge in [-0.15, -0.1) is 0 Å². The van der Waals surface area contributed by atoms with Gasteiger partial charge in [-0.05, 0) is 34.3 Å². The van der Waals surface area contributed by atoms with Crippen LogP contribution in [-0.4, -0.2) is 19.6 Å². The molecule has 0 amide bonds. The highest BCUT2D eigenvalue weighted by Gasteiger charge is 2.04. The Bertz CT molecular complexity index is 801. The van der Waals surface area contributed by atoms with Crippen molar-refractivity contribution in [2.24, 2.45) is 9.98 Å². The Balaban J connectivity index is 2.37. The lowest BCUT2D eigenvalue weighted by atomic mass is 10.00. The number of amidine groups is 1. The highest BCUT2D eigenvalue weighted by Crippen LogP contribution is 2.26. The molecule has 2 heteroatoms. The average molecular weight is 246 g/mol. The van der Waals surface area contributed by atoms with Crippen LogP contribution in [0.3, 0.4) is 0 Å². The van der Waals surface area contributed by atoms with Crippen LogP contribution in [0.5, 0.6) is 0 Å². The van der Waals surface area contributed by atoms with Gasteiger partial charge >= 0.3 is 0 Å². The van der Waals surface area contributed by atoms with Crippen LogP contribution in [0.15, 0.2) is 64.6 Å². The van der Waals surface area contributed by atoms with Gasteiger partial charge in [0.1, 0.15) is 0 Å². The van der Waals surface area contributed by atoms with Crippen molar-refractivity contribution < 1.29 is 0 Å². The fourth-order valence-corrected chi connectivity index (χ4v) is 2.43. The molecule has 3 aromatic carbocycles. The van der Waals surface area contributed by atoms with Crippen molar-refractivity contribution in [3.05, 3.63) is 60.2 Å². The molecule has 0 N–H and O–H groups in total. The molecule has 0 radical (unpaired) electrons. The van der Waals surface area contributed by atoms with Crippen LogP contribution < -0.4 is 0 Å². The van der Waals surface area contributed by atoms with E-state index in [1.165, 1.54) is 21.5 Å². The second kappa shape index (κ2) is 4.65. The third kappa shape index (κ3) is 1.91. The first-order valence-corrected chi connectivity index (χ1v) is 6.19. The summed E-state index contributed by atoms with van der Waals surface area (Å²) < 4.78 is 0. The molecule has 0 saturated heterocycles. The van der Waals surface area contributed by atoms with Crippen LogP contribution in [-0.2, 0) is 0 Å². The first-order chi connectivity index (χ1) is 9.33. The Hall–Kier alpha value is -2.48. The lowest BCUT2D eigenvalue weighted by Crippen LogP contribution is -1.95. The van der Waals surface area contributed by atoms with E-state index in [2.05, 4.69) is 65.2 Å². The monoisotopic (exact) mass is 246 g/mol. The molecule has 0 spiro atoms. The van der Waals surface area contributed by atoms with E-state index in [4.69, 9.17) is 0 Å². The van der Waals surface area contributed by atoms with E-state index in [0.29, 0.717) is 5.84 Å². The third-order valence-corrected chi connectivity index (χ3v) is 3.37. The van der Waals surface area contributed by atoms with Crippen molar-refractivity contribution in [2.75, 3.05) is 7.05 Å². The summed E-state index contributed by atoms with van der Waals surface area (Å²) in [7, 11) is 1.73. The zero-order chi connectivity index (χ0) is 13.2. The Kier molecular flexibility index (Phi) is 2.84. The van der Waals surface area contributed by atoms with Crippen LogP contribution in [0.25, 0.3) is 21.5 Å². The molecule has 3 rings (SSSR count). The molecule has 0 saturated carbocycles. The second-order valence-electron chi connectivity index (χ2n) is 4.43. The fraction of sp³-hybridized carbons (Fsp3) is 0.0588. The number of hydrogen-bond donors (Lipinski definition) is 0. The van der Waals surface area contributed by atoms with E-state index < -0.39 is 0 Å². The summed E-state index contributed by atoms with van der Waals surface area (Å²) in [5, 5.41) is 4.94. The van der Waals surface area contributed by atoms with Gasteiger partial charge in [0.25, 0.3) is 0 Å². The van der Waals surface area contributed by atoms with Crippen LogP contribution in [0, 0.1) is 0 Å². The smallest absolute Gasteiger partial charge is 0.153 e. The molecule has 92 valence electrons. The van der Waals surface area contributed by atoms with Crippen molar-refractivity contribution in [3.63, 3.8) is 0 Å². The van der Waals surface area contributed by atoms with Crippen molar-refractivity contribution in [2.45, 2.75) is 0 Å². The van der Waals surface area contributed by atoms with Gasteiger partial charge in [0.15, 0.2) is 5.84 Å². The third-order valence-electron chi connectivity index (χ3n) is 3.37. The lowest BCUT2D eigenvalue weighted by molar-refractivity contribution is 1.40. The fourth-order valence-electron chi connectivity index (χ4n) is 2.43. The van der Waals surface area contributed by atoms with E-state index in [0.717, 1.165) is 5.56 Å². The number of rotatable bonds is 1. The summed E-state index contributed by atoms with van der Waals surface area (Å²) in [5.41, 5.74) is 1.00. The minimum absolute atomic E-state index is 0.676. The lowest BCUT2D eigenvalue weighted by Gasteiger charge is -2.06. The van der Waals surface area contributed by atoms with Gasteiger partial charge in [0, 0.05) is 12.6 Å². The summed E-state index contributed by atoms with van der Waals surface area (Å²) in [6.07, 6.45) is 0. The molecule has 3 aromatic rings. The Morgan fingerprint density at radius 1 is 0.895 bits per heavy atom. The molecule has 0 aliphatic carbocycles. The molecule has 0 aliphatic heterocycles. The quantitative estimate of drug-likeness (QED) is 0.351.